The van der Waals surface area contributed by atoms with Gasteiger partial charge in [-0.2, -0.15) is 0 Å². The predicted molar refractivity (Wildman–Crippen MR) is 123 cm³/mol. The summed E-state index contributed by atoms with van der Waals surface area (Å²) in [4.78, 5) is 16.2. The van der Waals surface area contributed by atoms with Gasteiger partial charge >= 0.3 is 0 Å². The lowest BCUT2D eigenvalue weighted by atomic mass is 10.1. The maximum atomic E-state index is 13.7. The van der Waals surface area contributed by atoms with Gasteiger partial charge in [-0.3, -0.25) is 9.79 Å². The highest BCUT2D eigenvalue weighted by molar-refractivity contribution is 14.0. The standard InChI is InChI=1S/C21H27FN4O.HI/c1-4-15(2)26-20(27)17-11-9-16(10-12-17)13-24-21(23-3)25-14-18-7-5-6-8-19(18)22;/h5-12,15H,4,13-14H2,1-3H3,(H,26,27)(H2,23,24,25);1H. The van der Waals surface area contributed by atoms with Crippen molar-refractivity contribution in [3.05, 3.63) is 71.0 Å². The minimum Gasteiger partial charge on any atom is -0.352 e. The van der Waals surface area contributed by atoms with Crippen molar-refractivity contribution in [1.29, 1.82) is 0 Å². The van der Waals surface area contributed by atoms with Gasteiger partial charge in [-0.1, -0.05) is 37.3 Å². The molecule has 0 spiro atoms. The van der Waals surface area contributed by atoms with Crippen LogP contribution >= 0.6 is 24.0 Å². The number of rotatable bonds is 7. The molecule has 3 N–H and O–H groups in total. The Kier molecular flexibility index (Phi) is 10.5. The molecule has 0 aliphatic heterocycles. The van der Waals surface area contributed by atoms with Crippen LogP contribution in [0.1, 0.15) is 41.8 Å². The van der Waals surface area contributed by atoms with E-state index in [1.165, 1.54) is 6.07 Å². The van der Waals surface area contributed by atoms with Crippen LogP contribution < -0.4 is 16.0 Å². The van der Waals surface area contributed by atoms with Crippen molar-refractivity contribution in [2.45, 2.75) is 39.4 Å². The van der Waals surface area contributed by atoms with E-state index in [4.69, 9.17) is 0 Å². The van der Waals surface area contributed by atoms with E-state index in [1.807, 2.05) is 38.1 Å². The van der Waals surface area contributed by atoms with Crippen molar-refractivity contribution < 1.29 is 9.18 Å². The lowest BCUT2D eigenvalue weighted by Gasteiger charge is -2.13. The van der Waals surface area contributed by atoms with Gasteiger partial charge in [0, 0.05) is 37.3 Å². The molecule has 0 heterocycles. The van der Waals surface area contributed by atoms with Crippen molar-refractivity contribution in [1.82, 2.24) is 16.0 Å². The Balaban J connectivity index is 0.00000392. The van der Waals surface area contributed by atoms with E-state index in [9.17, 15) is 9.18 Å². The Labute approximate surface area is 183 Å². The highest BCUT2D eigenvalue weighted by Gasteiger charge is 2.08. The van der Waals surface area contributed by atoms with E-state index in [-0.39, 0.29) is 41.7 Å². The first-order valence-corrected chi connectivity index (χ1v) is 9.11. The fraction of sp³-hybridized carbons (Fsp3) is 0.333. The van der Waals surface area contributed by atoms with Gasteiger partial charge in [-0.15, -0.1) is 24.0 Å². The fourth-order valence-electron chi connectivity index (χ4n) is 2.41. The van der Waals surface area contributed by atoms with Crippen LogP contribution in [0.5, 0.6) is 0 Å². The summed E-state index contributed by atoms with van der Waals surface area (Å²) < 4.78 is 13.7. The topological polar surface area (TPSA) is 65.5 Å². The molecule has 0 aliphatic rings. The SMILES string of the molecule is CCC(C)NC(=O)c1ccc(CNC(=NC)NCc2ccccc2F)cc1.I. The number of guanidine groups is 1. The smallest absolute Gasteiger partial charge is 0.251 e. The third kappa shape index (κ3) is 7.46. The van der Waals surface area contributed by atoms with Crippen LogP contribution in [0.15, 0.2) is 53.5 Å². The van der Waals surface area contributed by atoms with Crippen LogP contribution in [0.2, 0.25) is 0 Å². The molecule has 152 valence electrons. The number of nitrogens with one attached hydrogen (secondary N) is 3. The number of nitrogens with zero attached hydrogens (tertiary/aromatic N) is 1. The molecule has 1 unspecified atom stereocenters. The van der Waals surface area contributed by atoms with Crippen molar-refractivity contribution >= 4 is 35.8 Å². The predicted octanol–water partition coefficient (Wildman–Crippen LogP) is 3.84. The van der Waals surface area contributed by atoms with Crippen LogP contribution in [-0.2, 0) is 13.1 Å². The minimum absolute atomic E-state index is 0. The van der Waals surface area contributed by atoms with E-state index < -0.39 is 0 Å². The number of halogens is 2. The van der Waals surface area contributed by atoms with Crippen LogP contribution in [0, 0.1) is 5.82 Å². The van der Waals surface area contributed by atoms with E-state index in [1.54, 1.807) is 25.2 Å². The van der Waals surface area contributed by atoms with Gasteiger partial charge < -0.3 is 16.0 Å². The molecule has 2 aromatic carbocycles. The van der Waals surface area contributed by atoms with Gasteiger partial charge in [-0.25, -0.2) is 4.39 Å². The first-order chi connectivity index (χ1) is 13.0. The number of carbonyl (C=O) groups excluding carboxylic acids is 1. The van der Waals surface area contributed by atoms with Crippen molar-refractivity contribution in [3.63, 3.8) is 0 Å². The molecule has 0 aliphatic carbocycles. The third-order valence-electron chi connectivity index (χ3n) is 4.29. The Hall–Kier alpha value is -2.16. The lowest BCUT2D eigenvalue weighted by molar-refractivity contribution is 0.0939. The molecule has 7 heteroatoms. The fourth-order valence-corrected chi connectivity index (χ4v) is 2.41. The van der Waals surface area contributed by atoms with Gasteiger partial charge in [-0.05, 0) is 37.1 Å². The molecule has 0 saturated carbocycles. The minimum atomic E-state index is -0.244. The molecule has 0 bridgehead atoms. The Morgan fingerprint density at radius 1 is 1.07 bits per heavy atom. The van der Waals surface area contributed by atoms with Crippen molar-refractivity contribution in [3.8, 4) is 0 Å². The highest BCUT2D eigenvalue weighted by atomic mass is 127. The van der Waals surface area contributed by atoms with Crippen molar-refractivity contribution in [2.24, 2.45) is 4.99 Å². The molecule has 1 amide bonds. The lowest BCUT2D eigenvalue weighted by Crippen LogP contribution is -2.36. The summed E-state index contributed by atoms with van der Waals surface area (Å²) in [5.74, 6) is 0.273. The van der Waals surface area contributed by atoms with Crippen LogP contribution in [-0.4, -0.2) is 25.0 Å². The van der Waals surface area contributed by atoms with Gasteiger partial charge in [0.25, 0.3) is 5.91 Å². The zero-order valence-electron chi connectivity index (χ0n) is 16.5. The van der Waals surface area contributed by atoms with Gasteiger partial charge in [0.15, 0.2) is 5.96 Å². The van der Waals surface area contributed by atoms with Crippen molar-refractivity contribution in [2.75, 3.05) is 7.05 Å². The van der Waals surface area contributed by atoms with E-state index in [0.717, 1.165) is 12.0 Å². The molecule has 0 fully saturated rings. The maximum absolute atomic E-state index is 13.7. The molecule has 1 atom stereocenters. The zero-order chi connectivity index (χ0) is 19.6. The molecular formula is C21H28FIN4O. The number of carbonyl (C=O) groups is 1. The summed E-state index contributed by atoms with van der Waals surface area (Å²) in [6.07, 6.45) is 0.896. The summed E-state index contributed by atoms with van der Waals surface area (Å²) >= 11 is 0. The number of hydrogen-bond acceptors (Lipinski definition) is 2. The molecule has 2 aromatic rings. The monoisotopic (exact) mass is 498 g/mol. The van der Waals surface area contributed by atoms with Crippen LogP contribution in [0.25, 0.3) is 0 Å². The summed E-state index contributed by atoms with van der Waals surface area (Å²) in [5, 5.41) is 9.22. The maximum Gasteiger partial charge on any atom is 0.251 e. The second kappa shape index (κ2) is 12.3. The number of aliphatic imine (C=N–C) groups is 1. The summed E-state index contributed by atoms with van der Waals surface area (Å²) in [5.41, 5.74) is 2.24. The summed E-state index contributed by atoms with van der Waals surface area (Å²) in [6.45, 7) is 4.91. The first kappa shape index (κ1) is 23.9. The molecule has 0 saturated heterocycles. The molecular weight excluding hydrogens is 470 g/mol. The van der Waals surface area contributed by atoms with E-state index in [0.29, 0.717) is 30.2 Å². The first-order valence-electron chi connectivity index (χ1n) is 9.11. The quantitative estimate of drug-likeness (QED) is 0.309. The Morgan fingerprint density at radius 2 is 1.71 bits per heavy atom. The average molecular weight is 498 g/mol. The van der Waals surface area contributed by atoms with Gasteiger partial charge in [0.2, 0.25) is 0 Å². The summed E-state index contributed by atoms with van der Waals surface area (Å²) in [7, 11) is 1.67. The number of amides is 1. The summed E-state index contributed by atoms with van der Waals surface area (Å²) in [6, 6.07) is 14.2. The largest absolute Gasteiger partial charge is 0.352 e. The molecule has 0 aromatic heterocycles. The zero-order valence-corrected chi connectivity index (χ0v) is 18.8. The van der Waals surface area contributed by atoms with E-state index in [2.05, 4.69) is 20.9 Å². The highest BCUT2D eigenvalue weighted by Crippen LogP contribution is 2.07. The normalized spacial score (nSPS) is 11.9. The second-order valence-corrected chi connectivity index (χ2v) is 6.35. The van der Waals surface area contributed by atoms with Gasteiger partial charge in [0.1, 0.15) is 5.82 Å². The van der Waals surface area contributed by atoms with Crippen LogP contribution in [0.3, 0.4) is 0 Å². The molecule has 5 nitrogen and oxygen atoms in total. The van der Waals surface area contributed by atoms with Gasteiger partial charge in [0.05, 0.1) is 0 Å². The third-order valence-corrected chi connectivity index (χ3v) is 4.29. The number of benzene rings is 2. The molecule has 0 radical (unpaired) electrons. The Bertz CT molecular complexity index is 780. The van der Waals surface area contributed by atoms with E-state index >= 15 is 0 Å². The number of hydrogen-bond donors (Lipinski definition) is 3. The van der Waals surface area contributed by atoms with Crippen LogP contribution in [0.4, 0.5) is 4.39 Å². The Morgan fingerprint density at radius 3 is 2.32 bits per heavy atom. The molecule has 28 heavy (non-hydrogen) atoms. The average Bonchev–Trinajstić information content (AvgIpc) is 2.69. The molecule has 2 rings (SSSR count). The second-order valence-electron chi connectivity index (χ2n) is 6.35.